The summed E-state index contributed by atoms with van der Waals surface area (Å²) in [7, 11) is 1.59. The van der Waals surface area contributed by atoms with Crippen molar-refractivity contribution in [2.24, 2.45) is 5.92 Å². The molecule has 1 fully saturated rings. The molecule has 2 aliphatic rings. The van der Waals surface area contributed by atoms with E-state index in [1.807, 2.05) is 43.0 Å². The van der Waals surface area contributed by atoms with Crippen molar-refractivity contribution >= 4 is 17.6 Å². The summed E-state index contributed by atoms with van der Waals surface area (Å²) in [4.78, 5) is 28.6. The van der Waals surface area contributed by atoms with Crippen LogP contribution in [0.4, 0.5) is 10.1 Å². The van der Waals surface area contributed by atoms with Crippen LogP contribution in [0.1, 0.15) is 48.1 Å². The topological polar surface area (TPSA) is 116 Å². The summed E-state index contributed by atoms with van der Waals surface area (Å²) in [5, 5.41) is 13.7. The van der Waals surface area contributed by atoms with E-state index >= 15 is 0 Å². The first-order valence-corrected chi connectivity index (χ1v) is 15.6. The van der Waals surface area contributed by atoms with Crippen LogP contribution in [0.15, 0.2) is 54.6 Å². The highest BCUT2D eigenvalue weighted by molar-refractivity contribution is 5.94. The minimum atomic E-state index is -0.972. The quantitative estimate of drug-likeness (QED) is 0.182. The Morgan fingerprint density at radius 1 is 0.957 bits per heavy atom. The minimum absolute atomic E-state index is 0.0469. The van der Waals surface area contributed by atoms with Gasteiger partial charge in [-0.15, -0.1) is 0 Å². The Morgan fingerprint density at radius 2 is 1.63 bits per heavy atom. The number of nitrogens with zero attached hydrogens (tertiary/aromatic N) is 1. The number of rotatable bonds is 14. The van der Waals surface area contributed by atoms with Gasteiger partial charge in [0.05, 0.1) is 25.7 Å². The summed E-state index contributed by atoms with van der Waals surface area (Å²) in [5.41, 5.74) is 3.56. The number of carboxylic acid groups (broad SMARTS) is 1. The molecule has 10 nitrogen and oxygen atoms in total. The first-order chi connectivity index (χ1) is 22.3. The molecule has 3 aromatic carbocycles. The van der Waals surface area contributed by atoms with Gasteiger partial charge in [-0.05, 0) is 71.5 Å². The molecule has 2 aliphatic heterocycles. The molecule has 0 spiro atoms. The van der Waals surface area contributed by atoms with E-state index in [4.69, 9.17) is 23.7 Å². The van der Waals surface area contributed by atoms with Crippen molar-refractivity contribution in [2.75, 3.05) is 58.7 Å². The number of carbonyl (C=O) groups excluding carboxylic acids is 1. The van der Waals surface area contributed by atoms with Crippen molar-refractivity contribution < 1.29 is 42.8 Å². The number of benzene rings is 3. The highest BCUT2D eigenvalue weighted by Crippen LogP contribution is 2.47. The van der Waals surface area contributed by atoms with Crippen LogP contribution < -0.4 is 19.5 Å². The van der Waals surface area contributed by atoms with Gasteiger partial charge in [-0.1, -0.05) is 32.0 Å². The third kappa shape index (κ3) is 7.60. The van der Waals surface area contributed by atoms with Crippen LogP contribution in [0.2, 0.25) is 0 Å². The molecule has 246 valence electrons. The monoisotopic (exact) mass is 636 g/mol. The Balaban J connectivity index is 1.44. The molecule has 1 saturated heterocycles. The molecule has 46 heavy (non-hydrogen) atoms. The Morgan fingerprint density at radius 3 is 2.28 bits per heavy atom. The molecule has 1 amide bonds. The normalized spacial score (nSPS) is 19.2. The van der Waals surface area contributed by atoms with Crippen molar-refractivity contribution in [3.63, 3.8) is 0 Å². The second kappa shape index (κ2) is 15.4. The Labute approximate surface area is 268 Å². The molecule has 2 heterocycles. The zero-order chi connectivity index (χ0) is 32.6. The zero-order valence-electron chi connectivity index (χ0n) is 26.4. The maximum atomic E-state index is 14.2. The van der Waals surface area contributed by atoms with Gasteiger partial charge in [-0.25, -0.2) is 4.39 Å². The molecule has 5 rings (SSSR count). The van der Waals surface area contributed by atoms with Gasteiger partial charge in [0.25, 0.3) is 0 Å². The van der Waals surface area contributed by atoms with Gasteiger partial charge in [-0.2, -0.15) is 0 Å². The number of carboxylic acids is 1. The number of methoxy groups -OCH3 is 1. The molecule has 0 bridgehead atoms. The number of hydrogen-bond acceptors (Lipinski definition) is 8. The van der Waals surface area contributed by atoms with Crippen molar-refractivity contribution in [1.82, 2.24) is 4.90 Å². The average Bonchev–Trinajstić information content (AvgIpc) is 3.44. The number of likely N-dealkylation sites (tertiary alicyclic amines) is 1. The van der Waals surface area contributed by atoms with Crippen LogP contribution >= 0.6 is 0 Å². The van der Waals surface area contributed by atoms with Gasteiger partial charge in [0, 0.05) is 31.3 Å². The number of nitrogens with one attached hydrogen (secondary N) is 1. The Kier molecular flexibility index (Phi) is 11.1. The molecule has 0 saturated carbocycles. The van der Waals surface area contributed by atoms with Crippen LogP contribution in [-0.2, 0) is 31.9 Å². The van der Waals surface area contributed by atoms with Crippen LogP contribution in [-0.4, -0.2) is 75.3 Å². The number of carbonyl (C=O) groups is 2. The lowest BCUT2D eigenvalue weighted by atomic mass is 9.82. The largest absolute Gasteiger partial charge is 0.486 e. The van der Waals surface area contributed by atoms with Crippen LogP contribution in [0.3, 0.4) is 0 Å². The van der Waals surface area contributed by atoms with Crippen LogP contribution in [0.5, 0.6) is 17.2 Å². The van der Waals surface area contributed by atoms with Crippen LogP contribution in [0, 0.1) is 11.7 Å². The highest BCUT2D eigenvalue weighted by atomic mass is 19.1. The number of aryl methyl sites for hydroxylation is 2. The van der Waals surface area contributed by atoms with Gasteiger partial charge in [-0.3, -0.25) is 14.5 Å². The van der Waals surface area contributed by atoms with E-state index in [0.717, 1.165) is 11.1 Å². The first-order valence-electron chi connectivity index (χ1n) is 15.6. The van der Waals surface area contributed by atoms with E-state index in [2.05, 4.69) is 5.32 Å². The number of hydrogen-bond donors (Lipinski definition) is 2. The second-order valence-electron chi connectivity index (χ2n) is 11.3. The molecule has 11 heteroatoms. The lowest BCUT2D eigenvalue weighted by Crippen LogP contribution is -2.35. The van der Waals surface area contributed by atoms with E-state index in [9.17, 15) is 19.1 Å². The maximum absolute atomic E-state index is 14.2. The summed E-state index contributed by atoms with van der Waals surface area (Å²) in [6.07, 6.45) is 1.09. The summed E-state index contributed by atoms with van der Waals surface area (Å²) in [5.74, 6) is -1.18. The van der Waals surface area contributed by atoms with E-state index in [-0.39, 0.29) is 25.1 Å². The third-order valence-corrected chi connectivity index (χ3v) is 8.48. The average molecular weight is 637 g/mol. The van der Waals surface area contributed by atoms with Gasteiger partial charge in [0.15, 0.2) is 18.3 Å². The summed E-state index contributed by atoms with van der Waals surface area (Å²) in [6.45, 7) is 5.82. The van der Waals surface area contributed by atoms with Crippen LogP contribution in [0.25, 0.3) is 0 Å². The molecular weight excluding hydrogens is 595 g/mol. The van der Waals surface area contributed by atoms with Gasteiger partial charge in [0.1, 0.15) is 24.8 Å². The fourth-order valence-corrected chi connectivity index (χ4v) is 6.30. The SMILES string of the molecule is CCc1cc(F)cc(CC)c1NC(=O)CN1C[C@H](c2ccc3c(c2)OCCO3)C(C(=O)O)[C@@H]1c1ccc(OCOCCOC)cc1. The minimum Gasteiger partial charge on any atom is -0.486 e. The van der Waals surface area contributed by atoms with E-state index in [1.54, 1.807) is 25.3 Å². The Hall–Kier alpha value is -4.19. The maximum Gasteiger partial charge on any atom is 0.309 e. The van der Waals surface area contributed by atoms with E-state index < -0.39 is 23.8 Å². The lowest BCUT2D eigenvalue weighted by Gasteiger charge is -2.27. The van der Waals surface area contributed by atoms with Gasteiger partial charge >= 0.3 is 5.97 Å². The fraction of sp³-hybridized carbons (Fsp3) is 0.429. The number of fused-ring (bicyclic) bond motifs is 1. The van der Waals surface area contributed by atoms with E-state index in [0.29, 0.717) is 79.9 Å². The van der Waals surface area contributed by atoms with Crippen molar-refractivity contribution in [2.45, 2.75) is 38.6 Å². The molecule has 3 aromatic rings. The summed E-state index contributed by atoms with van der Waals surface area (Å²) in [6, 6.07) is 15.0. The fourth-order valence-electron chi connectivity index (χ4n) is 6.30. The van der Waals surface area contributed by atoms with E-state index in [1.165, 1.54) is 12.1 Å². The number of anilines is 1. The number of halogens is 1. The molecule has 0 aliphatic carbocycles. The standard InChI is InChI=1S/C35H41FN2O8/c1-4-22-16-26(36)17-23(5-2)33(22)37-31(39)20-38-19-28(25-8-11-29-30(18-25)45-15-14-44-29)32(35(40)41)34(38)24-6-9-27(10-7-24)46-21-43-13-12-42-3/h6-11,16-18,28,32,34H,4-5,12-15,19-21H2,1-3H3,(H,37,39)(H,40,41)/t28-,32?,34+/m1/s1. The first kappa shape index (κ1) is 33.2. The second-order valence-corrected chi connectivity index (χ2v) is 11.3. The molecule has 3 atom stereocenters. The predicted octanol–water partition coefficient (Wildman–Crippen LogP) is 5.20. The predicted molar refractivity (Wildman–Crippen MR) is 169 cm³/mol. The molecule has 0 aromatic heterocycles. The zero-order valence-corrected chi connectivity index (χ0v) is 26.4. The molecule has 0 radical (unpaired) electrons. The number of aliphatic carboxylic acids is 1. The summed E-state index contributed by atoms with van der Waals surface area (Å²) < 4.78 is 41.8. The highest BCUT2D eigenvalue weighted by Gasteiger charge is 2.48. The van der Waals surface area contributed by atoms with Gasteiger partial charge < -0.3 is 34.1 Å². The number of ether oxygens (including phenoxy) is 5. The van der Waals surface area contributed by atoms with Crippen molar-refractivity contribution in [3.8, 4) is 17.2 Å². The lowest BCUT2D eigenvalue weighted by molar-refractivity contribution is -0.143. The van der Waals surface area contributed by atoms with Crippen molar-refractivity contribution in [1.29, 1.82) is 0 Å². The molecular formula is C35H41FN2O8. The molecule has 2 N–H and O–H groups in total. The Bertz CT molecular complexity index is 1490. The molecule has 1 unspecified atom stereocenters. The summed E-state index contributed by atoms with van der Waals surface area (Å²) >= 11 is 0. The van der Waals surface area contributed by atoms with Gasteiger partial charge in [0.2, 0.25) is 5.91 Å². The third-order valence-electron chi connectivity index (χ3n) is 8.48. The smallest absolute Gasteiger partial charge is 0.309 e. The van der Waals surface area contributed by atoms with Crippen molar-refractivity contribution in [3.05, 3.63) is 82.7 Å². The number of amides is 1.